The van der Waals surface area contributed by atoms with E-state index in [9.17, 15) is 14.4 Å². The van der Waals surface area contributed by atoms with E-state index in [1.165, 1.54) is 5.56 Å². The molecule has 2 aliphatic heterocycles. The molecule has 0 aromatic heterocycles. The molecule has 22 heavy (non-hydrogen) atoms. The summed E-state index contributed by atoms with van der Waals surface area (Å²) in [5.74, 6) is -0.750. The van der Waals surface area contributed by atoms with Crippen molar-refractivity contribution in [3.63, 3.8) is 0 Å². The highest BCUT2D eigenvalue weighted by atomic mass is 16.2. The van der Waals surface area contributed by atoms with Crippen molar-refractivity contribution in [2.24, 2.45) is 0 Å². The van der Waals surface area contributed by atoms with Crippen LogP contribution in [0.15, 0.2) is 18.2 Å². The van der Waals surface area contributed by atoms with Crippen LogP contribution in [0, 0.1) is 0 Å². The first-order chi connectivity index (χ1) is 10.5. The van der Waals surface area contributed by atoms with Crippen LogP contribution >= 0.6 is 0 Å². The minimum absolute atomic E-state index is 0.111. The number of imide groups is 1. The number of amides is 3. The van der Waals surface area contributed by atoms with E-state index in [0.29, 0.717) is 18.5 Å². The molecule has 2 aliphatic rings. The van der Waals surface area contributed by atoms with Crippen LogP contribution in [0.1, 0.15) is 54.6 Å². The quantitative estimate of drug-likeness (QED) is 0.865. The van der Waals surface area contributed by atoms with E-state index in [0.717, 1.165) is 18.4 Å². The van der Waals surface area contributed by atoms with Gasteiger partial charge in [-0.1, -0.05) is 25.5 Å². The van der Waals surface area contributed by atoms with Gasteiger partial charge in [-0.15, -0.1) is 0 Å². The molecule has 1 aromatic rings. The number of hydrogen-bond acceptors (Lipinski definition) is 3. The highest BCUT2D eigenvalue weighted by molar-refractivity contribution is 6.07. The molecule has 116 valence electrons. The summed E-state index contributed by atoms with van der Waals surface area (Å²) >= 11 is 0. The number of nitrogens with one attached hydrogen (secondary N) is 1. The number of carbonyl (C=O) groups excluding carboxylic acids is 3. The molecule has 1 N–H and O–H groups in total. The van der Waals surface area contributed by atoms with Crippen molar-refractivity contribution in [3.8, 4) is 0 Å². The zero-order valence-electron chi connectivity index (χ0n) is 12.9. The summed E-state index contributed by atoms with van der Waals surface area (Å²) in [4.78, 5) is 38.0. The summed E-state index contributed by atoms with van der Waals surface area (Å²) in [7, 11) is 0. The molecule has 1 fully saturated rings. The van der Waals surface area contributed by atoms with Crippen molar-refractivity contribution < 1.29 is 14.4 Å². The zero-order valence-corrected chi connectivity index (χ0v) is 12.9. The van der Waals surface area contributed by atoms with Crippen LogP contribution in [-0.4, -0.2) is 28.2 Å². The van der Waals surface area contributed by atoms with Crippen LogP contribution in [0.25, 0.3) is 0 Å². The molecule has 0 saturated carbocycles. The van der Waals surface area contributed by atoms with Gasteiger partial charge in [0, 0.05) is 18.5 Å². The number of fused-ring (bicyclic) bond motifs is 1. The lowest BCUT2D eigenvalue weighted by Crippen LogP contribution is -2.61. The van der Waals surface area contributed by atoms with E-state index in [1.807, 2.05) is 18.2 Å². The molecule has 3 amide bonds. The second-order valence-electron chi connectivity index (χ2n) is 6.24. The van der Waals surface area contributed by atoms with Crippen LogP contribution < -0.4 is 5.32 Å². The molecule has 2 heterocycles. The van der Waals surface area contributed by atoms with E-state index in [2.05, 4.69) is 12.2 Å². The predicted molar refractivity (Wildman–Crippen MR) is 81.1 cm³/mol. The first kappa shape index (κ1) is 14.8. The number of nitrogens with zero attached hydrogens (tertiary/aromatic N) is 1. The maximum absolute atomic E-state index is 12.7. The average Bonchev–Trinajstić information content (AvgIpc) is 2.83. The van der Waals surface area contributed by atoms with E-state index < -0.39 is 5.54 Å². The fourth-order valence-electron chi connectivity index (χ4n) is 3.35. The molecule has 1 aromatic carbocycles. The minimum Gasteiger partial charge on any atom is -0.320 e. The van der Waals surface area contributed by atoms with Crippen molar-refractivity contribution in [2.45, 2.75) is 51.6 Å². The highest BCUT2D eigenvalue weighted by Crippen LogP contribution is 2.35. The van der Waals surface area contributed by atoms with Gasteiger partial charge in [0.1, 0.15) is 5.54 Å². The number of carbonyl (C=O) groups is 3. The van der Waals surface area contributed by atoms with Crippen molar-refractivity contribution in [3.05, 3.63) is 34.9 Å². The average molecular weight is 300 g/mol. The van der Waals surface area contributed by atoms with Gasteiger partial charge < -0.3 is 4.90 Å². The fraction of sp³-hybridized carbons (Fsp3) is 0.471. The van der Waals surface area contributed by atoms with Crippen LogP contribution in [0.4, 0.5) is 0 Å². The minimum atomic E-state index is -0.951. The fourth-order valence-corrected chi connectivity index (χ4v) is 3.35. The van der Waals surface area contributed by atoms with Crippen LogP contribution in [-0.2, 0) is 22.6 Å². The molecule has 5 nitrogen and oxygen atoms in total. The normalized spacial score (nSPS) is 24.5. The molecule has 1 saturated heterocycles. The smallest absolute Gasteiger partial charge is 0.255 e. The molecule has 1 atom stereocenters. The lowest BCUT2D eigenvalue weighted by Gasteiger charge is -2.39. The molecule has 1 unspecified atom stereocenters. The topological polar surface area (TPSA) is 66.5 Å². The van der Waals surface area contributed by atoms with Crippen LogP contribution in [0.3, 0.4) is 0 Å². The third kappa shape index (κ3) is 2.12. The number of piperidine rings is 1. The molecule has 3 rings (SSSR count). The SMILES string of the molecule is CCCc1cccc2c1CN(C1(C)CCC(=O)NC1=O)C2=O. The number of hydrogen-bond donors (Lipinski definition) is 1. The summed E-state index contributed by atoms with van der Waals surface area (Å²) in [6.07, 6.45) is 2.58. The van der Waals surface area contributed by atoms with Gasteiger partial charge in [0.2, 0.25) is 5.91 Å². The van der Waals surface area contributed by atoms with Gasteiger partial charge in [-0.25, -0.2) is 0 Å². The molecule has 0 spiro atoms. The van der Waals surface area contributed by atoms with Crippen molar-refractivity contribution in [2.75, 3.05) is 0 Å². The maximum atomic E-state index is 12.7. The Labute approximate surface area is 129 Å². The lowest BCUT2D eigenvalue weighted by atomic mass is 9.89. The Morgan fingerprint density at radius 1 is 1.27 bits per heavy atom. The Morgan fingerprint density at radius 3 is 2.73 bits per heavy atom. The summed E-state index contributed by atoms with van der Waals surface area (Å²) < 4.78 is 0. The van der Waals surface area contributed by atoms with Crippen LogP contribution in [0.5, 0.6) is 0 Å². The summed E-state index contributed by atoms with van der Waals surface area (Å²) in [5, 5.41) is 2.36. The first-order valence-electron chi connectivity index (χ1n) is 7.74. The number of benzene rings is 1. The van der Waals surface area contributed by atoms with E-state index in [-0.39, 0.29) is 24.1 Å². The molecule has 0 radical (unpaired) electrons. The van der Waals surface area contributed by atoms with E-state index in [4.69, 9.17) is 0 Å². The van der Waals surface area contributed by atoms with Gasteiger partial charge in [-0.05, 0) is 37.0 Å². The predicted octanol–water partition coefficient (Wildman–Crippen LogP) is 1.79. The Morgan fingerprint density at radius 2 is 2.05 bits per heavy atom. The summed E-state index contributed by atoms with van der Waals surface area (Å²) in [5.41, 5.74) is 1.94. The molecule has 5 heteroatoms. The Bertz CT molecular complexity index is 668. The molecule has 0 bridgehead atoms. The largest absolute Gasteiger partial charge is 0.320 e. The van der Waals surface area contributed by atoms with E-state index >= 15 is 0 Å². The highest BCUT2D eigenvalue weighted by Gasteiger charge is 2.48. The summed E-state index contributed by atoms with van der Waals surface area (Å²) in [6.45, 7) is 4.30. The maximum Gasteiger partial charge on any atom is 0.255 e. The molecular weight excluding hydrogens is 280 g/mol. The van der Waals surface area contributed by atoms with Gasteiger partial charge in [-0.2, -0.15) is 0 Å². The zero-order chi connectivity index (χ0) is 15.9. The number of aryl methyl sites for hydroxylation is 1. The second kappa shape index (κ2) is 5.23. The molecular formula is C17H20N2O3. The van der Waals surface area contributed by atoms with Gasteiger partial charge in [0.15, 0.2) is 0 Å². The van der Waals surface area contributed by atoms with Crippen molar-refractivity contribution in [1.29, 1.82) is 0 Å². The van der Waals surface area contributed by atoms with Gasteiger partial charge in [-0.3, -0.25) is 19.7 Å². The number of rotatable bonds is 3. The monoisotopic (exact) mass is 300 g/mol. The third-order valence-electron chi connectivity index (χ3n) is 4.76. The first-order valence-corrected chi connectivity index (χ1v) is 7.74. The van der Waals surface area contributed by atoms with Gasteiger partial charge in [0.05, 0.1) is 0 Å². The van der Waals surface area contributed by atoms with Gasteiger partial charge in [0.25, 0.3) is 11.8 Å². The Hall–Kier alpha value is -2.17. The Kier molecular flexibility index (Phi) is 3.51. The summed E-state index contributed by atoms with van der Waals surface area (Å²) in [6, 6.07) is 5.77. The standard InChI is InChI=1S/C17H20N2O3/c1-3-5-11-6-4-7-12-13(11)10-19(15(12)21)17(2)9-8-14(20)18-16(17)22/h4,6-7H,3,5,8-10H2,1-2H3,(H,18,20,22). The molecule has 0 aliphatic carbocycles. The van der Waals surface area contributed by atoms with Crippen LogP contribution in [0.2, 0.25) is 0 Å². The third-order valence-corrected chi connectivity index (χ3v) is 4.76. The van der Waals surface area contributed by atoms with Crippen molar-refractivity contribution in [1.82, 2.24) is 10.2 Å². The lowest BCUT2D eigenvalue weighted by molar-refractivity contribution is -0.142. The van der Waals surface area contributed by atoms with E-state index in [1.54, 1.807) is 11.8 Å². The van der Waals surface area contributed by atoms with Crippen molar-refractivity contribution >= 4 is 17.7 Å². The van der Waals surface area contributed by atoms with Gasteiger partial charge >= 0.3 is 0 Å². The second-order valence-corrected chi connectivity index (χ2v) is 6.24. The Balaban J connectivity index is 1.95.